The van der Waals surface area contributed by atoms with Gasteiger partial charge >= 0.3 is 5.97 Å². The van der Waals surface area contributed by atoms with Crippen LogP contribution < -0.4 is 5.32 Å². The van der Waals surface area contributed by atoms with Gasteiger partial charge in [-0.15, -0.1) is 0 Å². The van der Waals surface area contributed by atoms with Gasteiger partial charge in [-0.1, -0.05) is 30.5 Å². The van der Waals surface area contributed by atoms with E-state index in [2.05, 4.69) is 10.4 Å². The van der Waals surface area contributed by atoms with Gasteiger partial charge in [-0.25, -0.2) is 13.9 Å². The molecule has 8 heteroatoms. The topological polar surface area (TPSA) is 73.2 Å². The number of nitrogens with one attached hydrogen (secondary N) is 1. The number of benzene rings is 1. The Labute approximate surface area is 161 Å². The quantitative estimate of drug-likeness (QED) is 0.597. The second kappa shape index (κ2) is 8.81. The van der Waals surface area contributed by atoms with Crippen LogP contribution in [0.3, 0.4) is 0 Å². The van der Waals surface area contributed by atoms with Crippen LogP contribution in [0.15, 0.2) is 36.5 Å². The van der Waals surface area contributed by atoms with Crippen molar-refractivity contribution in [3.8, 4) is 0 Å². The number of rotatable bonds is 6. The molecule has 1 heterocycles. The minimum absolute atomic E-state index is 0.0382. The number of amides is 1. The van der Waals surface area contributed by atoms with Crippen LogP contribution >= 0.6 is 11.6 Å². The first-order chi connectivity index (χ1) is 13.0. The van der Waals surface area contributed by atoms with Gasteiger partial charge in [-0.2, -0.15) is 5.10 Å². The van der Waals surface area contributed by atoms with Crippen LogP contribution in [0.1, 0.15) is 37.3 Å². The van der Waals surface area contributed by atoms with E-state index in [4.69, 9.17) is 16.3 Å². The summed E-state index contributed by atoms with van der Waals surface area (Å²) in [5.41, 5.74) is 0.545. The Morgan fingerprint density at radius 2 is 2.11 bits per heavy atom. The van der Waals surface area contributed by atoms with E-state index < -0.39 is 24.3 Å². The van der Waals surface area contributed by atoms with Crippen LogP contribution in [0.2, 0.25) is 5.02 Å². The molecule has 142 valence electrons. The third-order valence-electron chi connectivity index (χ3n) is 4.31. The molecule has 3 rings (SSSR count). The summed E-state index contributed by atoms with van der Waals surface area (Å²) < 4.78 is 19.8. The van der Waals surface area contributed by atoms with Gasteiger partial charge in [0, 0.05) is 12.1 Å². The van der Waals surface area contributed by atoms with Crippen LogP contribution in [0.4, 0.5) is 10.2 Å². The number of carbonyl (C=O) groups is 2. The van der Waals surface area contributed by atoms with Crippen LogP contribution in [0.25, 0.3) is 6.08 Å². The molecule has 0 spiro atoms. The fourth-order valence-electron chi connectivity index (χ4n) is 3.00. The Kier molecular flexibility index (Phi) is 6.24. The van der Waals surface area contributed by atoms with Gasteiger partial charge in [0.05, 0.1) is 17.3 Å². The molecule has 0 unspecified atom stereocenters. The zero-order valence-electron chi connectivity index (χ0n) is 14.5. The minimum Gasteiger partial charge on any atom is -0.452 e. The molecule has 1 fully saturated rings. The molecular formula is C19H19ClFN3O3. The van der Waals surface area contributed by atoms with Crippen molar-refractivity contribution in [2.45, 2.75) is 31.7 Å². The number of nitrogens with zero attached hydrogens (tertiary/aromatic N) is 2. The molecule has 1 saturated carbocycles. The van der Waals surface area contributed by atoms with Gasteiger partial charge in [0.15, 0.2) is 6.61 Å². The zero-order chi connectivity index (χ0) is 19.2. The highest BCUT2D eigenvalue weighted by molar-refractivity contribution is 6.30. The van der Waals surface area contributed by atoms with Crippen molar-refractivity contribution in [3.05, 3.63) is 52.9 Å². The smallest absolute Gasteiger partial charge is 0.331 e. The lowest BCUT2D eigenvalue weighted by Gasteiger charge is -2.14. The third-order valence-corrected chi connectivity index (χ3v) is 4.60. The Balaban J connectivity index is 1.49. The second-order valence-electron chi connectivity index (χ2n) is 6.26. The predicted molar refractivity (Wildman–Crippen MR) is 99.8 cm³/mol. The third kappa shape index (κ3) is 5.17. The van der Waals surface area contributed by atoms with Crippen molar-refractivity contribution in [1.29, 1.82) is 0 Å². The number of aromatic nitrogens is 2. The number of ether oxygens (including phenoxy) is 1. The lowest BCUT2D eigenvalue weighted by atomic mass is 10.2. The first-order valence-corrected chi connectivity index (χ1v) is 9.04. The van der Waals surface area contributed by atoms with Crippen molar-refractivity contribution in [2.24, 2.45) is 0 Å². The summed E-state index contributed by atoms with van der Waals surface area (Å²) in [6.07, 6.45) is 8.61. The van der Waals surface area contributed by atoms with Crippen LogP contribution in [0, 0.1) is 5.82 Å². The standard InChI is InChI=1S/C19H19ClFN3O3/c20-15-11-13(5-7-16(15)21)6-8-19(26)27-12-18(25)23-17-9-10-22-24(17)14-3-1-2-4-14/h5-11,14H,1-4,12H2,(H,23,25)/b8-6+. The van der Waals surface area contributed by atoms with Crippen molar-refractivity contribution >= 4 is 35.4 Å². The summed E-state index contributed by atoms with van der Waals surface area (Å²) >= 11 is 5.67. The SMILES string of the molecule is O=C(COC(=O)/C=C/c1ccc(F)c(Cl)c1)Nc1ccnn1C1CCCC1. The van der Waals surface area contributed by atoms with E-state index in [1.54, 1.807) is 12.3 Å². The van der Waals surface area contributed by atoms with Gasteiger partial charge in [0.2, 0.25) is 0 Å². The van der Waals surface area contributed by atoms with Crippen LogP contribution in [-0.2, 0) is 14.3 Å². The molecule has 1 N–H and O–H groups in total. The zero-order valence-corrected chi connectivity index (χ0v) is 15.3. The predicted octanol–water partition coefficient (Wildman–Crippen LogP) is 3.99. The van der Waals surface area contributed by atoms with E-state index in [0.717, 1.165) is 31.8 Å². The van der Waals surface area contributed by atoms with Crippen molar-refractivity contribution in [1.82, 2.24) is 9.78 Å². The molecule has 1 aromatic heterocycles. The fraction of sp³-hybridized carbons (Fsp3) is 0.316. The van der Waals surface area contributed by atoms with Gasteiger partial charge in [0.25, 0.3) is 5.91 Å². The normalized spacial score (nSPS) is 14.6. The average molecular weight is 392 g/mol. The summed E-state index contributed by atoms with van der Waals surface area (Å²) in [7, 11) is 0. The number of carbonyl (C=O) groups excluding carboxylic acids is 2. The minimum atomic E-state index is -0.685. The summed E-state index contributed by atoms with van der Waals surface area (Å²) in [6, 6.07) is 6.08. The van der Waals surface area contributed by atoms with Gasteiger partial charge < -0.3 is 10.1 Å². The van der Waals surface area contributed by atoms with Gasteiger partial charge in [0.1, 0.15) is 11.6 Å². The summed E-state index contributed by atoms with van der Waals surface area (Å²) in [5.74, 6) is -1.07. The summed E-state index contributed by atoms with van der Waals surface area (Å²) in [4.78, 5) is 23.8. The Morgan fingerprint density at radius 1 is 1.33 bits per heavy atom. The Morgan fingerprint density at radius 3 is 2.85 bits per heavy atom. The molecule has 1 aliphatic carbocycles. The van der Waals surface area contributed by atoms with Crippen LogP contribution in [-0.4, -0.2) is 28.3 Å². The van der Waals surface area contributed by atoms with E-state index in [0.29, 0.717) is 17.4 Å². The van der Waals surface area contributed by atoms with E-state index in [9.17, 15) is 14.0 Å². The molecule has 0 atom stereocenters. The number of halogens is 2. The Bertz CT molecular complexity index is 860. The molecule has 1 aromatic carbocycles. The maximum Gasteiger partial charge on any atom is 0.331 e. The van der Waals surface area contributed by atoms with Crippen molar-refractivity contribution < 1.29 is 18.7 Å². The highest BCUT2D eigenvalue weighted by Crippen LogP contribution is 2.31. The van der Waals surface area contributed by atoms with E-state index in [-0.39, 0.29) is 5.02 Å². The van der Waals surface area contributed by atoms with Crippen molar-refractivity contribution in [3.63, 3.8) is 0 Å². The first-order valence-electron chi connectivity index (χ1n) is 8.66. The molecule has 0 saturated heterocycles. The lowest BCUT2D eigenvalue weighted by Crippen LogP contribution is -2.22. The molecule has 27 heavy (non-hydrogen) atoms. The molecule has 0 bridgehead atoms. The molecule has 0 aliphatic heterocycles. The maximum absolute atomic E-state index is 13.1. The molecule has 0 radical (unpaired) electrons. The average Bonchev–Trinajstić information content (AvgIpc) is 3.32. The monoisotopic (exact) mass is 391 g/mol. The fourth-order valence-corrected chi connectivity index (χ4v) is 3.19. The Hall–Kier alpha value is -2.67. The summed E-state index contributed by atoms with van der Waals surface area (Å²) in [5, 5.41) is 6.94. The van der Waals surface area contributed by atoms with E-state index >= 15 is 0 Å². The second-order valence-corrected chi connectivity index (χ2v) is 6.67. The molecule has 1 amide bonds. The number of hydrogen-bond donors (Lipinski definition) is 1. The van der Waals surface area contributed by atoms with E-state index in [1.807, 2.05) is 4.68 Å². The number of hydrogen-bond acceptors (Lipinski definition) is 4. The summed E-state index contributed by atoms with van der Waals surface area (Å²) in [6.45, 7) is -0.413. The number of anilines is 1. The highest BCUT2D eigenvalue weighted by atomic mass is 35.5. The van der Waals surface area contributed by atoms with Gasteiger partial charge in [-0.3, -0.25) is 4.79 Å². The van der Waals surface area contributed by atoms with Crippen LogP contribution in [0.5, 0.6) is 0 Å². The highest BCUT2D eigenvalue weighted by Gasteiger charge is 2.20. The maximum atomic E-state index is 13.1. The number of esters is 1. The van der Waals surface area contributed by atoms with Crippen molar-refractivity contribution in [2.75, 3.05) is 11.9 Å². The van der Waals surface area contributed by atoms with Gasteiger partial charge in [-0.05, 0) is 36.6 Å². The molecule has 6 nitrogen and oxygen atoms in total. The van der Waals surface area contributed by atoms with E-state index in [1.165, 1.54) is 24.3 Å². The molecular weight excluding hydrogens is 373 g/mol. The first kappa shape index (κ1) is 19.1. The largest absolute Gasteiger partial charge is 0.452 e. The molecule has 1 aliphatic rings. The lowest BCUT2D eigenvalue weighted by molar-refractivity contribution is -0.142. The molecule has 2 aromatic rings.